The summed E-state index contributed by atoms with van der Waals surface area (Å²) < 4.78 is 63.0. The van der Waals surface area contributed by atoms with E-state index in [1.165, 1.54) is 16.7 Å². The van der Waals surface area contributed by atoms with Gasteiger partial charge < -0.3 is 19.1 Å². The maximum atomic E-state index is 14.9. The van der Waals surface area contributed by atoms with E-state index in [1.807, 2.05) is 0 Å². The number of benzene rings is 1. The average Bonchev–Trinajstić information content (AvgIpc) is 3.23. The largest absolute Gasteiger partial charge is 0.573 e. The minimum absolute atomic E-state index is 0.0329. The van der Waals surface area contributed by atoms with Crippen molar-refractivity contribution < 1.29 is 36.9 Å². The summed E-state index contributed by atoms with van der Waals surface area (Å²) in [5.74, 6) is -1.34. The Labute approximate surface area is 212 Å². The molecule has 0 saturated carbocycles. The van der Waals surface area contributed by atoms with Crippen LogP contribution in [-0.2, 0) is 39.4 Å². The van der Waals surface area contributed by atoms with Crippen LogP contribution in [0.5, 0.6) is 0 Å². The lowest BCUT2D eigenvalue weighted by molar-refractivity contribution is -0.280. The summed E-state index contributed by atoms with van der Waals surface area (Å²) >= 11 is 0. The first-order valence-corrected chi connectivity index (χ1v) is 12.0. The fraction of sp³-hybridized carbons (Fsp3) is 0.385. The van der Waals surface area contributed by atoms with Gasteiger partial charge >= 0.3 is 12.3 Å². The monoisotopic (exact) mass is 531 g/mol. The zero-order valence-corrected chi connectivity index (χ0v) is 20.3. The number of esters is 1. The lowest BCUT2D eigenvalue weighted by atomic mass is 9.82. The Morgan fingerprint density at radius 2 is 2.05 bits per heavy atom. The third-order valence-corrected chi connectivity index (χ3v) is 7.77. The fourth-order valence-corrected chi connectivity index (χ4v) is 5.84. The first-order chi connectivity index (χ1) is 17.9. The molecule has 38 heavy (non-hydrogen) atoms. The molecule has 1 N–H and O–H groups in total. The molecule has 12 heteroatoms. The van der Waals surface area contributed by atoms with E-state index in [0.29, 0.717) is 58.3 Å². The smallest absolute Gasteiger partial charge is 0.458 e. The molecule has 1 unspecified atom stereocenters. The van der Waals surface area contributed by atoms with Gasteiger partial charge in [-0.1, -0.05) is 6.92 Å². The first kappa shape index (κ1) is 24.5. The van der Waals surface area contributed by atoms with Crippen LogP contribution in [0, 0.1) is 12.7 Å². The van der Waals surface area contributed by atoms with Crippen molar-refractivity contribution in [3.05, 3.63) is 61.7 Å². The summed E-state index contributed by atoms with van der Waals surface area (Å²) in [6.07, 6.45) is -3.91. The van der Waals surface area contributed by atoms with Crippen LogP contribution in [0.1, 0.15) is 59.2 Å². The van der Waals surface area contributed by atoms with Crippen molar-refractivity contribution in [3.8, 4) is 11.4 Å². The number of pyridine rings is 2. The van der Waals surface area contributed by atoms with Crippen LogP contribution >= 0.6 is 0 Å². The molecule has 0 amide bonds. The molecule has 2 aromatic heterocycles. The molecule has 6 rings (SSSR count). The second-order valence-corrected chi connectivity index (χ2v) is 9.68. The Bertz CT molecular complexity index is 1650. The van der Waals surface area contributed by atoms with Gasteiger partial charge in [-0.05, 0) is 48.9 Å². The van der Waals surface area contributed by atoms with Gasteiger partial charge in [0.05, 0.1) is 35.1 Å². The number of rotatable bonds is 3. The summed E-state index contributed by atoms with van der Waals surface area (Å²) in [4.78, 5) is 34.7. The highest BCUT2D eigenvalue weighted by Gasteiger charge is 2.46. The lowest BCUT2D eigenvalue weighted by Crippen LogP contribution is -2.44. The molecule has 1 aromatic carbocycles. The van der Waals surface area contributed by atoms with Crippen molar-refractivity contribution in [1.82, 2.24) is 9.55 Å². The highest BCUT2D eigenvalue weighted by molar-refractivity contribution is 5.93. The van der Waals surface area contributed by atoms with Crippen molar-refractivity contribution in [2.24, 2.45) is 4.99 Å². The number of hydrogen-bond donors (Lipinski definition) is 1. The van der Waals surface area contributed by atoms with E-state index in [0.717, 1.165) is 0 Å². The number of aromatic nitrogens is 2. The highest BCUT2D eigenvalue weighted by atomic mass is 19.4. The normalized spacial score (nSPS) is 21.9. The van der Waals surface area contributed by atoms with Gasteiger partial charge in [-0.15, -0.1) is 13.2 Å². The van der Waals surface area contributed by atoms with E-state index in [9.17, 15) is 32.3 Å². The van der Waals surface area contributed by atoms with Crippen LogP contribution in [-0.4, -0.2) is 33.4 Å². The van der Waals surface area contributed by atoms with Gasteiger partial charge in [0.25, 0.3) is 5.56 Å². The number of carbonyl (C=O) groups excluding carboxylic acids is 1. The molecule has 8 nitrogen and oxygen atoms in total. The molecule has 0 bridgehead atoms. The van der Waals surface area contributed by atoms with E-state index < -0.39 is 35.4 Å². The lowest BCUT2D eigenvalue weighted by Gasteiger charge is -2.31. The number of aliphatic imine (C=N–C) groups is 1. The summed E-state index contributed by atoms with van der Waals surface area (Å²) in [5.41, 5.74) is 0.886. The van der Waals surface area contributed by atoms with Crippen LogP contribution in [0.25, 0.3) is 22.3 Å². The standard InChI is InChI=1S/C26H21F4N3O5/c1-3-25(36)15-6-19-22-13(8-33(19)23(34)14(15)9-37-24(25)35)21-17(31-10-38-26(28,29)30)5-4-12-11(2)16(27)7-18(32-22)20(12)21/h6-7,10,17,36H,3-5,8-9H2,1-2H3/t17?,25-/m0/s1. The Hall–Kier alpha value is -3.80. The number of nitrogens with zero attached hydrogens (tertiary/aromatic N) is 3. The van der Waals surface area contributed by atoms with E-state index >= 15 is 0 Å². The number of aliphatic hydroxyl groups is 1. The molecule has 3 aliphatic rings. The number of fused-ring (bicyclic) bond motifs is 5. The Morgan fingerprint density at radius 1 is 1.29 bits per heavy atom. The third-order valence-electron chi connectivity index (χ3n) is 7.77. The topological polar surface area (TPSA) is 103 Å². The van der Waals surface area contributed by atoms with E-state index in [1.54, 1.807) is 13.8 Å². The van der Waals surface area contributed by atoms with Crippen molar-refractivity contribution in [3.63, 3.8) is 0 Å². The summed E-state index contributed by atoms with van der Waals surface area (Å²) in [5, 5.41) is 11.7. The first-order valence-electron chi connectivity index (χ1n) is 12.0. The SMILES string of the molecule is CC[C@@]1(O)C(=O)OCc2c1cc1n(c2=O)Cc2c-1nc1cc(F)c(C)c3c1c2C(N=COC(F)(F)F)CC3. The van der Waals surface area contributed by atoms with E-state index in [4.69, 9.17) is 4.74 Å². The van der Waals surface area contributed by atoms with Gasteiger partial charge in [0.2, 0.25) is 0 Å². The van der Waals surface area contributed by atoms with E-state index in [2.05, 4.69) is 14.7 Å². The number of hydrogen-bond acceptors (Lipinski definition) is 7. The maximum Gasteiger partial charge on any atom is 0.573 e. The highest BCUT2D eigenvalue weighted by Crippen LogP contribution is 2.46. The van der Waals surface area contributed by atoms with Crippen molar-refractivity contribution in [1.29, 1.82) is 0 Å². The van der Waals surface area contributed by atoms with Gasteiger partial charge in [0.1, 0.15) is 12.4 Å². The van der Waals surface area contributed by atoms with Crippen LogP contribution in [0.15, 0.2) is 21.9 Å². The van der Waals surface area contributed by atoms with Gasteiger partial charge in [-0.2, -0.15) is 0 Å². The minimum atomic E-state index is -4.90. The molecule has 3 aromatic rings. The number of alkyl halides is 3. The summed E-state index contributed by atoms with van der Waals surface area (Å²) in [6, 6.07) is 2.03. The predicted octanol–water partition coefficient (Wildman–Crippen LogP) is 4.08. The number of aryl methyl sites for hydroxylation is 1. The number of cyclic esters (lactones) is 1. The molecule has 198 valence electrons. The third kappa shape index (κ3) is 3.39. The summed E-state index contributed by atoms with van der Waals surface area (Å²) in [7, 11) is 0. The quantitative estimate of drug-likeness (QED) is 0.185. The molecule has 1 aliphatic carbocycles. The second kappa shape index (κ2) is 8.10. The number of carbonyl (C=O) groups is 1. The second-order valence-electron chi connectivity index (χ2n) is 9.68. The van der Waals surface area contributed by atoms with Crippen molar-refractivity contribution in [2.45, 2.75) is 64.3 Å². The Kier molecular flexibility index (Phi) is 5.23. The molecule has 2 aliphatic heterocycles. The van der Waals surface area contributed by atoms with Crippen LogP contribution in [0.4, 0.5) is 17.6 Å². The van der Waals surface area contributed by atoms with Gasteiger partial charge in [-0.3, -0.25) is 9.79 Å². The fourth-order valence-electron chi connectivity index (χ4n) is 5.84. The molecule has 2 atom stereocenters. The van der Waals surface area contributed by atoms with Crippen LogP contribution < -0.4 is 5.56 Å². The molecule has 0 saturated heterocycles. The van der Waals surface area contributed by atoms with Gasteiger partial charge in [0.15, 0.2) is 12.0 Å². The molecule has 4 heterocycles. The van der Waals surface area contributed by atoms with Crippen molar-refractivity contribution in [2.75, 3.05) is 0 Å². The molecular formula is C26H21F4N3O5. The predicted molar refractivity (Wildman–Crippen MR) is 126 cm³/mol. The number of halogens is 4. The average molecular weight is 531 g/mol. The van der Waals surface area contributed by atoms with Crippen LogP contribution in [0.2, 0.25) is 0 Å². The zero-order valence-electron chi connectivity index (χ0n) is 20.3. The zero-order chi connectivity index (χ0) is 27.1. The van der Waals surface area contributed by atoms with Gasteiger partial charge in [-0.25, -0.2) is 14.2 Å². The Balaban J connectivity index is 1.62. The molecular weight excluding hydrogens is 510 g/mol. The maximum absolute atomic E-state index is 14.9. The molecule has 0 radical (unpaired) electrons. The summed E-state index contributed by atoms with van der Waals surface area (Å²) in [6.45, 7) is 2.96. The Morgan fingerprint density at radius 3 is 2.76 bits per heavy atom. The molecule has 0 spiro atoms. The van der Waals surface area contributed by atoms with Crippen LogP contribution in [0.3, 0.4) is 0 Å². The number of ether oxygens (including phenoxy) is 2. The minimum Gasteiger partial charge on any atom is -0.458 e. The molecule has 0 fully saturated rings. The van der Waals surface area contributed by atoms with Crippen molar-refractivity contribution >= 4 is 23.3 Å². The van der Waals surface area contributed by atoms with Gasteiger partial charge in [0, 0.05) is 22.6 Å². The van der Waals surface area contributed by atoms with E-state index in [-0.39, 0.29) is 36.2 Å².